The van der Waals surface area contributed by atoms with Crippen LogP contribution in [0.4, 0.5) is 0 Å². The summed E-state index contributed by atoms with van der Waals surface area (Å²) >= 11 is 0. The number of nitrogens with zero attached hydrogens (tertiary/aromatic N) is 4. The van der Waals surface area contributed by atoms with E-state index in [1.54, 1.807) is 0 Å². The maximum absolute atomic E-state index is 4.42. The van der Waals surface area contributed by atoms with Crippen molar-refractivity contribution in [1.82, 2.24) is 14.0 Å². The molecule has 0 atom stereocenters. The molecule has 0 saturated heterocycles. The lowest BCUT2D eigenvalue weighted by Gasteiger charge is -1.91. The molecular weight excluding hydrogens is 236 g/mol. The average molecular weight is 247 g/mol. The fourth-order valence-corrected chi connectivity index (χ4v) is 3.06. The van der Waals surface area contributed by atoms with Crippen molar-refractivity contribution in [2.45, 2.75) is 6.54 Å². The molecule has 0 bridgehead atoms. The highest BCUT2D eigenvalue weighted by Gasteiger charge is 2.31. The number of imidazole rings is 2. The minimum atomic E-state index is 0.947. The lowest BCUT2D eigenvalue weighted by atomic mass is 10.1. The highest BCUT2D eigenvalue weighted by atomic mass is 15.3. The topological polar surface area (TPSA) is 25.6 Å². The van der Waals surface area contributed by atoms with Crippen LogP contribution in [0.2, 0.25) is 0 Å². The molecule has 0 saturated carbocycles. The molecule has 19 heavy (non-hydrogen) atoms. The number of hydrogen-bond donors (Lipinski definition) is 0. The van der Waals surface area contributed by atoms with Crippen LogP contribution in [0.3, 0.4) is 0 Å². The molecule has 90 valence electrons. The van der Waals surface area contributed by atoms with E-state index in [1.807, 2.05) is 16.8 Å². The molecule has 1 aliphatic heterocycles. The number of hydrogen-bond acceptors (Lipinski definition) is 1. The van der Waals surface area contributed by atoms with Crippen molar-refractivity contribution in [1.29, 1.82) is 0 Å². The standard InChI is InChI=1S/C15H11N4/c1-2-6-13-11(4-1)8-17-10-14-18(15(13)17)9-12-5-3-7-16-19(12)14/h1-7,9-10H,8H2/q+1. The molecule has 0 amide bonds. The first-order valence-electron chi connectivity index (χ1n) is 6.37. The molecule has 3 aromatic heterocycles. The Morgan fingerprint density at radius 3 is 3.05 bits per heavy atom. The van der Waals surface area contributed by atoms with Crippen LogP contribution in [-0.2, 0) is 6.54 Å². The van der Waals surface area contributed by atoms with Crippen LogP contribution in [0.25, 0.3) is 22.6 Å². The molecule has 4 nitrogen and oxygen atoms in total. The zero-order valence-electron chi connectivity index (χ0n) is 10.2. The van der Waals surface area contributed by atoms with Gasteiger partial charge in [-0.05, 0) is 18.2 Å². The molecule has 4 aromatic rings. The average Bonchev–Trinajstić information content (AvgIpc) is 3.05. The molecule has 0 fully saturated rings. The molecule has 1 aliphatic rings. The van der Waals surface area contributed by atoms with Gasteiger partial charge >= 0.3 is 0 Å². The molecule has 0 aliphatic carbocycles. The van der Waals surface area contributed by atoms with Crippen LogP contribution in [0.15, 0.2) is 55.0 Å². The van der Waals surface area contributed by atoms with E-state index in [2.05, 4.69) is 56.8 Å². The smallest absolute Gasteiger partial charge is 0.223 e. The number of aromatic nitrogens is 4. The predicted octanol–water partition coefficient (Wildman–Crippen LogP) is 1.90. The third kappa shape index (κ3) is 1.04. The van der Waals surface area contributed by atoms with Gasteiger partial charge in [-0.1, -0.05) is 18.2 Å². The third-order valence-corrected chi connectivity index (χ3v) is 3.88. The van der Waals surface area contributed by atoms with Gasteiger partial charge in [0.2, 0.25) is 0 Å². The van der Waals surface area contributed by atoms with E-state index in [4.69, 9.17) is 0 Å². The summed E-state index contributed by atoms with van der Waals surface area (Å²) < 4.78 is 6.50. The molecule has 4 heterocycles. The van der Waals surface area contributed by atoms with Crippen molar-refractivity contribution in [2.24, 2.45) is 0 Å². The maximum Gasteiger partial charge on any atom is 0.296 e. The largest absolute Gasteiger partial charge is 0.296 e. The van der Waals surface area contributed by atoms with Crippen molar-refractivity contribution < 1.29 is 4.57 Å². The van der Waals surface area contributed by atoms with Gasteiger partial charge in [0.25, 0.3) is 11.5 Å². The van der Waals surface area contributed by atoms with Gasteiger partial charge in [-0.2, -0.15) is 14.0 Å². The van der Waals surface area contributed by atoms with E-state index < -0.39 is 0 Å². The van der Waals surface area contributed by atoms with Gasteiger partial charge in [0.05, 0.1) is 5.56 Å². The highest BCUT2D eigenvalue weighted by molar-refractivity contribution is 5.66. The van der Waals surface area contributed by atoms with Crippen LogP contribution in [0.5, 0.6) is 0 Å². The van der Waals surface area contributed by atoms with E-state index in [0.717, 1.165) is 17.7 Å². The van der Waals surface area contributed by atoms with Crippen molar-refractivity contribution >= 4 is 11.2 Å². The second-order valence-corrected chi connectivity index (χ2v) is 4.96. The lowest BCUT2D eigenvalue weighted by molar-refractivity contribution is -0.670. The van der Waals surface area contributed by atoms with Gasteiger partial charge in [0.15, 0.2) is 6.20 Å². The number of rotatable bonds is 0. The lowest BCUT2D eigenvalue weighted by Crippen LogP contribution is -2.29. The Morgan fingerprint density at radius 1 is 1.11 bits per heavy atom. The summed E-state index contributed by atoms with van der Waals surface area (Å²) in [6, 6.07) is 12.6. The molecule has 0 radical (unpaired) electrons. The molecule has 1 aromatic carbocycles. The summed E-state index contributed by atoms with van der Waals surface area (Å²) in [6.45, 7) is 0.947. The Hall–Kier alpha value is -2.62. The molecule has 0 N–H and O–H groups in total. The Labute approximate surface area is 109 Å². The Bertz CT molecular complexity index is 945. The zero-order valence-corrected chi connectivity index (χ0v) is 10.2. The van der Waals surface area contributed by atoms with Gasteiger partial charge in [0, 0.05) is 11.8 Å². The predicted molar refractivity (Wildman–Crippen MR) is 70.9 cm³/mol. The van der Waals surface area contributed by atoms with Crippen molar-refractivity contribution in [3.05, 3.63) is 60.6 Å². The molecule has 0 spiro atoms. The van der Waals surface area contributed by atoms with Gasteiger partial charge < -0.3 is 0 Å². The van der Waals surface area contributed by atoms with Crippen molar-refractivity contribution in [3.63, 3.8) is 0 Å². The summed E-state index contributed by atoms with van der Waals surface area (Å²) in [6.07, 6.45) is 6.15. The number of benzene rings is 1. The second kappa shape index (κ2) is 3.03. The van der Waals surface area contributed by atoms with Crippen molar-refractivity contribution in [2.75, 3.05) is 0 Å². The van der Waals surface area contributed by atoms with Crippen molar-refractivity contribution in [3.8, 4) is 11.4 Å². The van der Waals surface area contributed by atoms with E-state index in [-0.39, 0.29) is 0 Å². The first kappa shape index (κ1) is 9.33. The van der Waals surface area contributed by atoms with Crippen LogP contribution in [0, 0.1) is 0 Å². The summed E-state index contributed by atoms with van der Waals surface area (Å²) in [4.78, 5) is 0. The van der Waals surface area contributed by atoms with E-state index >= 15 is 0 Å². The summed E-state index contributed by atoms with van der Waals surface area (Å²) in [5, 5.41) is 4.42. The van der Waals surface area contributed by atoms with Gasteiger partial charge in [-0.15, -0.1) is 0 Å². The molecule has 4 heteroatoms. The summed E-state index contributed by atoms with van der Waals surface area (Å²) in [7, 11) is 0. The third-order valence-electron chi connectivity index (χ3n) is 3.88. The van der Waals surface area contributed by atoms with Crippen LogP contribution >= 0.6 is 0 Å². The van der Waals surface area contributed by atoms with Crippen LogP contribution < -0.4 is 4.57 Å². The van der Waals surface area contributed by atoms with Crippen LogP contribution in [0.1, 0.15) is 5.56 Å². The fraction of sp³-hybridized carbons (Fsp3) is 0.0667. The summed E-state index contributed by atoms with van der Waals surface area (Å²) in [5.41, 5.74) is 4.93. The van der Waals surface area contributed by atoms with E-state index in [1.165, 1.54) is 17.0 Å². The number of fused-ring (bicyclic) bond motifs is 7. The normalized spacial score (nSPS) is 13.1. The first-order valence-corrected chi connectivity index (χ1v) is 6.37. The zero-order chi connectivity index (χ0) is 12.4. The minimum absolute atomic E-state index is 0.947. The van der Waals surface area contributed by atoms with Gasteiger partial charge in [0.1, 0.15) is 18.3 Å². The Morgan fingerprint density at radius 2 is 2.05 bits per heavy atom. The second-order valence-electron chi connectivity index (χ2n) is 4.96. The van der Waals surface area contributed by atoms with E-state index in [9.17, 15) is 0 Å². The molecule has 5 rings (SSSR count). The van der Waals surface area contributed by atoms with Gasteiger partial charge in [-0.3, -0.25) is 0 Å². The monoisotopic (exact) mass is 247 g/mol. The van der Waals surface area contributed by atoms with E-state index in [0.29, 0.717) is 0 Å². The minimum Gasteiger partial charge on any atom is -0.223 e. The van der Waals surface area contributed by atoms with Crippen LogP contribution in [-0.4, -0.2) is 14.0 Å². The van der Waals surface area contributed by atoms with Gasteiger partial charge in [-0.25, -0.2) is 4.57 Å². The maximum atomic E-state index is 4.42. The summed E-state index contributed by atoms with van der Waals surface area (Å²) in [5.74, 6) is 1.25. The first-order chi connectivity index (χ1) is 9.42. The Balaban J connectivity index is 1.97. The highest BCUT2D eigenvalue weighted by Crippen LogP contribution is 2.28. The quantitative estimate of drug-likeness (QED) is 0.384. The molecule has 0 unspecified atom stereocenters. The fourth-order valence-electron chi connectivity index (χ4n) is 3.06. The SMILES string of the molecule is c1ccc2c(c1)C[n+]1cc3n(cc4cccnn43)c1-2. The Kier molecular flexibility index (Phi) is 1.49. The molecular formula is C15H11N4+.